The molecule has 1 aliphatic heterocycles. The van der Waals surface area contributed by atoms with Crippen LogP contribution in [0.4, 0.5) is 24.9 Å². The van der Waals surface area contributed by atoms with Gasteiger partial charge < -0.3 is 14.8 Å². The number of alkyl halides is 3. The second-order valence-corrected chi connectivity index (χ2v) is 9.97. The monoisotopic (exact) mass is 587 g/mol. The Bertz CT molecular complexity index is 1820. The Kier molecular flexibility index (Phi) is 7.38. The number of Topliss-reactive ketones (excluding diaryl/α,β-unsaturated/α-hetero) is 1. The minimum absolute atomic E-state index is 0. The van der Waals surface area contributed by atoms with E-state index < -0.39 is 35.9 Å². The first-order valence-corrected chi connectivity index (χ1v) is 12.9. The molecule has 1 saturated heterocycles. The van der Waals surface area contributed by atoms with E-state index in [1.807, 2.05) is 0 Å². The molecule has 13 nitrogen and oxygen atoms in total. The third-order valence-corrected chi connectivity index (χ3v) is 6.94. The molecule has 5 heterocycles. The van der Waals surface area contributed by atoms with E-state index in [0.717, 1.165) is 14.0 Å². The van der Waals surface area contributed by atoms with Crippen molar-refractivity contribution in [1.82, 2.24) is 33.6 Å². The van der Waals surface area contributed by atoms with E-state index in [4.69, 9.17) is 0 Å². The summed E-state index contributed by atoms with van der Waals surface area (Å²) in [7, 11) is 1.42. The summed E-state index contributed by atoms with van der Waals surface area (Å²) in [5.74, 6) is -0.487. The highest BCUT2D eigenvalue weighted by Gasteiger charge is 2.46. The minimum atomic E-state index is -4.38. The Labute approximate surface area is 237 Å². The van der Waals surface area contributed by atoms with Crippen molar-refractivity contribution in [3.8, 4) is 11.3 Å². The molecule has 0 bridgehead atoms. The Morgan fingerprint density at radius 2 is 1.81 bits per heavy atom. The number of halogens is 3. The first-order chi connectivity index (χ1) is 19.8. The number of fused-ring (bicyclic) bond motifs is 1. The SMILES string of the molecule is CC(=O)Cn1c(=O)c2c(nc(C)n2CC(=O)Nc2cccc(-c3cnc(N4CCC[C@H]4C(F)(F)F)nc3)n2)n(C)c1=O.[HH]. The van der Waals surface area contributed by atoms with E-state index in [9.17, 15) is 32.3 Å². The second kappa shape index (κ2) is 10.8. The fourth-order valence-corrected chi connectivity index (χ4v) is 4.98. The third kappa shape index (κ3) is 5.38. The van der Waals surface area contributed by atoms with Crippen molar-refractivity contribution in [3.05, 3.63) is 57.3 Å². The molecule has 1 N–H and O–H groups in total. The molecule has 0 unspecified atom stereocenters. The largest absolute Gasteiger partial charge is 0.408 e. The number of ketones is 1. The standard InChI is InChI=1S/C26H26F3N9O4.H2/c1-14(39)12-38-23(41)21-22(35(3)25(38)42)32-15(2)37(21)13-20(40)34-19-8-4-6-17(33-19)16-10-30-24(31-11-16)36-9-5-7-18(36)26(27,28)29;/h4,6,8,10-11,18H,5,7,9,12-13H2,1-3H3,(H,33,34,40);1H/t18-;/m0./s1. The number of carbonyl (C=O) groups excluding carboxylic acids is 2. The Morgan fingerprint density at radius 3 is 2.48 bits per heavy atom. The molecule has 42 heavy (non-hydrogen) atoms. The van der Waals surface area contributed by atoms with Crippen LogP contribution in [0.15, 0.2) is 40.2 Å². The molecule has 1 aliphatic rings. The van der Waals surface area contributed by atoms with Crippen molar-refractivity contribution in [2.45, 2.75) is 52.0 Å². The number of nitrogens with zero attached hydrogens (tertiary/aromatic N) is 8. The Hall–Kier alpha value is -4.89. The number of carbonyl (C=O) groups is 2. The van der Waals surface area contributed by atoms with Crippen LogP contribution in [0.1, 0.15) is 27.0 Å². The van der Waals surface area contributed by atoms with Gasteiger partial charge in [0.15, 0.2) is 11.2 Å². The molecule has 0 aliphatic carbocycles. The summed E-state index contributed by atoms with van der Waals surface area (Å²) in [6.45, 7) is 2.28. The summed E-state index contributed by atoms with van der Waals surface area (Å²) >= 11 is 0. The number of hydrogen-bond acceptors (Lipinski definition) is 9. The molecule has 1 amide bonds. The van der Waals surface area contributed by atoms with Gasteiger partial charge in [-0.2, -0.15) is 13.2 Å². The molecule has 1 fully saturated rings. The molecule has 222 valence electrons. The van der Waals surface area contributed by atoms with E-state index >= 15 is 0 Å². The van der Waals surface area contributed by atoms with Crippen molar-refractivity contribution < 1.29 is 24.2 Å². The first kappa shape index (κ1) is 28.6. The molecule has 1 atom stereocenters. The smallest absolute Gasteiger partial charge is 0.329 e. The summed E-state index contributed by atoms with van der Waals surface area (Å²) in [5, 5.41) is 2.65. The molecule has 0 saturated carbocycles. The van der Waals surface area contributed by atoms with Crippen LogP contribution in [0.5, 0.6) is 0 Å². The summed E-state index contributed by atoms with van der Waals surface area (Å²) < 4.78 is 43.3. The average Bonchev–Trinajstić information content (AvgIpc) is 3.56. The van der Waals surface area contributed by atoms with Crippen LogP contribution >= 0.6 is 0 Å². The highest BCUT2D eigenvalue weighted by atomic mass is 19.4. The quantitative estimate of drug-likeness (QED) is 0.343. The minimum Gasteiger partial charge on any atom is -0.329 e. The number of rotatable bonds is 7. The maximum Gasteiger partial charge on any atom is 0.408 e. The van der Waals surface area contributed by atoms with Crippen molar-refractivity contribution in [2.24, 2.45) is 7.05 Å². The van der Waals surface area contributed by atoms with Crippen LogP contribution in [-0.2, 0) is 29.7 Å². The van der Waals surface area contributed by atoms with Crippen molar-refractivity contribution in [1.29, 1.82) is 0 Å². The lowest BCUT2D eigenvalue weighted by Crippen LogP contribution is -2.42. The molecule has 0 spiro atoms. The van der Waals surface area contributed by atoms with Gasteiger partial charge in [0, 0.05) is 33.0 Å². The summed E-state index contributed by atoms with van der Waals surface area (Å²) in [5.41, 5.74) is -0.559. The van der Waals surface area contributed by atoms with E-state index in [1.54, 1.807) is 19.1 Å². The lowest BCUT2D eigenvalue weighted by atomic mass is 10.2. The fourth-order valence-electron chi connectivity index (χ4n) is 4.98. The molecule has 0 radical (unpaired) electrons. The predicted octanol–water partition coefficient (Wildman–Crippen LogP) is 2.06. The van der Waals surface area contributed by atoms with Gasteiger partial charge in [0.2, 0.25) is 11.9 Å². The van der Waals surface area contributed by atoms with E-state index in [2.05, 4.69) is 25.3 Å². The number of aryl methyl sites for hydroxylation is 2. The van der Waals surface area contributed by atoms with Gasteiger partial charge in [-0.05, 0) is 38.8 Å². The number of amides is 1. The highest BCUT2D eigenvalue weighted by molar-refractivity contribution is 5.91. The summed E-state index contributed by atoms with van der Waals surface area (Å²) in [6.07, 6.45) is -1.26. The van der Waals surface area contributed by atoms with E-state index in [1.165, 1.54) is 37.0 Å². The van der Waals surface area contributed by atoms with Gasteiger partial charge >= 0.3 is 11.9 Å². The van der Waals surface area contributed by atoms with Crippen molar-refractivity contribution in [2.75, 3.05) is 16.8 Å². The fraction of sp³-hybridized carbons (Fsp3) is 0.385. The molecule has 16 heteroatoms. The zero-order valence-electron chi connectivity index (χ0n) is 22.8. The number of anilines is 2. The van der Waals surface area contributed by atoms with Crippen LogP contribution < -0.4 is 21.5 Å². The van der Waals surface area contributed by atoms with Gasteiger partial charge in [0.25, 0.3) is 5.56 Å². The Morgan fingerprint density at radius 1 is 1.10 bits per heavy atom. The van der Waals surface area contributed by atoms with Crippen molar-refractivity contribution >= 4 is 34.6 Å². The van der Waals surface area contributed by atoms with Crippen LogP contribution in [-0.4, -0.2) is 64.1 Å². The number of pyridine rings is 1. The van der Waals surface area contributed by atoms with E-state index in [-0.39, 0.29) is 49.7 Å². The lowest BCUT2D eigenvalue weighted by molar-refractivity contribution is -0.146. The molecular weight excluding hydrogens is 559 g/mol. The number of imidazole rings is 1. The number of hydrogen-bond donors (Lipinski definition) is 1. The van der Waals surface area contributed by atoms with Gasteiger partial charge in [0.1, 0.15) is 30.0 Å². The van der Waals surface area contributed by atoms with Gasteiger partial charge in [-0.1, -0.05) is 6.07 Å². The molecular formula is C26H28F3N9O4. The summed E-state index contributed by atoms with van der Waals surface area (Å²) in [6, 6.07) is 3.17. The van der Waals surface area contributed by atoms with Gasteiger partial charge in [-0.15, -0.1) is 0 Å². The van der Waals surface area contributed by atoms with E-state index in [0.29, 0.717) is 23.5 Å². The zero-order chi connectivity index (χ0) is 30.3. The van der Waals surface area contributed by atoms with Gasteiger partial charge in [-0.25, -0.2) is 24.7 Å². The maximum atomic E-state index is 13.3. The Balaban J connectivity index is 0.00000423. The summed E-state index contributed by atoms with van der Waals surface area (Å²) in [4.78, 5) is 68.4. The van der Waals surface area contributed by atoms with Crippen LogP contribution in [0.3, 0.4) is 0 Å². The molecule has 5 rings (SSSR count). The van der Waals surface area contributed by atoms with Gasteiger partial charge in [-0.3, -0.25) is 23.5 Å². The maximum absolute atomic E-state index is 13.3. The lowest BCUT2D eigenvalue weighted by Gasteiger charge is -2.26. The van der Waals surface area contributed by atoms with Gasteiger partial charge in [0.05, 0.1) is 12.2 Å². The molecule has 0 aromatic carbocycles. The predicted molar refractivity (Wildman–Crippen MR) is 147 cm³/mol. The molecule has 4 aromatic rings. The van der Waals surface area contributed by atoms with Crippen LogP contribution in [0.25, 0.3) is 22.4 Å². The molecule has 4 aromatic heterocycles. The second-order valence-electron chi connectivity index (χ2n) is 9.97. The number of nitrogens with one attached hydrogen (secondary N) is 1. The first-order valence-electron chi connectivity index (χ1n) is 12.9. The number of aromatic nitrogens is 7. The van der Waals surface area contributed by atoms with Crippen LogP contribution in [0.2, 0.25) is 0 Å². The third-order valence-electron chi connectivity index (χ3n) is 6.94. The topological polar surface area (TPSA) is 150 Å². The zero-order valence-corrected chi connectivity index (χ0v) is 22.8. The van der Waals surface area contributed by atoms with Crippen molar-refractivity contribution in [3.63, 3.8) is 0 Å². The average molecular weight is 588 g/mol. The van der Waals surface area contributed by atoms with Crippen LogP contribution in [0, 0.1) is 6.92 Å². The normalized spacial score (nSPS) is 15.4. The highest BCUT2D eigenvalue weighted by Crippen LogP contribution is 2.34.